The van der Waals surface area contributed by atoms with E-state index in [2.05, 4.69) is 43.1 Å². The summed E-state index contributed by atoms with van der Waals surface area (Å²) in [4.78, 5) is 4.62. The zero-order valence-electron chi connectivity index (χ0n) is 15.1. The summed E-state index contributed by atoms with van der Waals surface area (Å²) in [5.74, 6) is 0.719. The van der Waals surface area contributed by atoms with E-state index in [0.717, 1.165) is 36.8 Å². The highest BCUT2D eigenvalue weighted by Gasteiger charge is 2.12. The number of rotatable bonds is 4. The Balaban J connectivity index is 1.92. The van der Waals surface area contributed by atoms with E-state index in [1.54, 1.807) is 0 Å². The fourth-order valence-corrected chi connectivity index (χ4v) is 3.29. The van der Waals surface area contributed by atoms with Gasteiger partial charge in [0.05, 0.1) is 12.6 Å². The van der Waals surface area contributed by atoms with Crippen LogP contribution in [0.4, 0.5) is 0 Å². The highest BCUT2D eigenvalue weighted by Crippen LogP contribution is 2.24. The summed E-state index contributed by atoms with van der Waals surface area (Å²) in [7, 11) is 0. The molecule has 4 aliphatic carbocycles. The summed E-state index contributed by atoms with van der Waals surface area (Å²) in [6.07, 6.45) is 5.44. The molecular formula is C22H27NO2. The zero-order chi connectivity index (χ0) is 17.8. The van der Waals surface area contributed by atoms with E-state index in [-0.39, 0.29) is 12.6 Å². The molecule has 3 nitrogen and oxygen atoms in total. The van der Waals surface area contributed by atoms with Crippen LogP contribution in [-0.4, -0.2) is 29.1 Å². The van der Waals surface area contributed by atoms with Crippen molar-refractivity contribution >= 4 is 6.21 Å². The maximum atomic E-state index is 10.2. The summed E-state index contributed by atoms with van der Waals surface area (Å²) in [5.41, 5.74) is 5.80. The van der Waals surface area contributed by atoms with E-state index < -0.39 is 0 Å². The van der Waals surface area contributed by atoms with Gasteiger partial charge in [-0.05, 0) is 71.6 Å². The SMILES string of the molecule is CC(C)[C@@H](CO)N=Cc1cc2ccc1CCc1ccc(cc1O)CC2. The third-order valence-electron chi connectivity index (χ3n) is 5.09. The molecule has 0 radical (unpaired) electrons. The second-order valence-electron chi connectivity index (χ2n) is 7.27. The molecule has 2 aromatic rings. The van der Waals surface area contributed by atoms with Gasteiger partial charge < -0.3 is 10.2 Å². The van der Waals surface area contributed by atoms with Crippen molar-refractivity contribution in [3.8, 4) is 5.75 Å². The Morgan fingerprint density at radius 3 is 2.24 bits per heavy atom. The third-order valence-corrected chi connectivity index (χ3v) is 5.09. The van der Waals surface area contributed by atoms with Gasteiger partial charge >= 0.3 is 0 Å². The molecule has 0 aromatic heterocycles. The molecule has 2 aromatic carbocycles. The number of aliphatic hydroxyl groups excluding tert-OH is 1. The number of aryl methyl sites for hydroxylation is 4. The molecule has 0 spiro atoms. The number of phenolic OH excluding ortho intramolecular Hbond substituents is 1. The van der Waals surface area contributed by atoms with Gasteiger partial charge in [-0.15, -0.1) is 0 Å². The van der Waals surface area contributed by atoms with E-state index in [4.69, 9.17) is 0 Å². The van der Waals surface area contributed by atoms with Gasteiger partial charge in [0.2, 0.25) is 0 Å². The molecule has 0 aliphatic heterocycles. The van der Waals surface area contributed by atoms with E-state index in [1.807, 2.05) is 18.3 Å². The first-order valence-corrected chi connectivity index (χ1v) is 9.13. The first-order chi connectivity index (χ1) is 12.1. The van der Waals surface area contributed by atoms with E-state index in [9.17, 15) is 10.2 Å². The smallest absolute Gasteiger partial charge is 0.119 e. The summed E-state index contributed by atoms with van der Waals surface area (Å²) >= 11 is 0. The molecule has 4 aliphatic rings. The summed E-state index contributed by atoms with van der Waals surface area (Å²) < 4.78 is 0. The van der Waals surface area contributed by atoms with Crippen molar-refractivity contribution in [2.24, 2.45) is 10.9 Å². The van der Waals surface area contributed by atoms with Gasteiger partial charge in [0.15, 0.2) is 0 Å². The van der Waals surface area contributed by atoms with Crippen molar-refractivity contribution in [1.29, 1.82) is 0 Å². The molecular weight excluding hydrogens is 310 g/mol. The Hall–Kier alpha value is -2.13. The van der Waals surface area contributed by atoms with Gasteiger partial charge in [0, 0.05) is 6.21 Å². The van der Waals surface area contributed by atoms with Gasteiger partial charge in [-0.25, -0.2) is 0 Å². The largest absolute Gasteiger partial charge is 0.508 e. The molecule has 25 heavy (non-hydrogen) atoms. The van der Waals surface area contributed by atoms with Crippen LogP contribution < -0.4 is 0 Å². The van der Waals surface area contributed by atoms with Crippen LogP contribution in [0, 0.1) is 5.92 Å². The molecule has 1 atom stereocenters. The lowest BCUT2D eigenvalue weighted by Gasteiger charge is -2.15. The van der Waals surface area contributed by atoms with Gasteiger partial charge in [0.25, 0.3) is 0 Å². The van der Waals surface area contributed by atoms with Crippen LogP contribution in [0.15, 0.2) is 41.4 Å². The first kappa shape index (κ1) is 17.7. The molecule has 0 unspecified atom stereocenters. The average molecular weight is 337 g/mol. The highest BCUT2D eigenvalue weighted by atomic mass is 16.3. The van der Waals surface area contributed by atoms with Crippen molar-refractivity contribution < 1.29 is 10.2 Å². The van der Waals surface area contributed by atoms with Crippen LogP contribution in [0.3, 0.4) is 0 Å². The number of benzene rings is 2. The molecule has 132 valence electrons. The van der Waals surface area contributed by atoms with E-state index in [1.165, 1.54) is 16.7 Å². The van der Waals surface area contributed by atoms with Crippen LogP contribution in [0.5, 0.6) is 5.75 Å². The Morgan fingerprint density at radius 1 is 0.960 bits per heavy atom. The minimum absolute atomic E-state index is 0.0637. The lowest BCUT2D eigenvalue weighted by Crippen LogP contribution is -2.18. The van der Waals surface area contributed by atoms with Crippen molar-refractivity contribution in [2.45, 2.75) is 45.6 Å². The minimum Gasteiger partial charge on any atom is -0.508 e. The summed E-state index contributed by atoms with van der Waals surface area (Å²) in [6, 6.07) is 12.6. The van der Waals surface area contributed by atoms with Gasteiger partial charge in [-0.3, -0.25) is 4.99 Å². The fourth-order valence-electron chi connectivity index (χ4n) is 3.29. The second-order valence-corrected chi connectivity index (χ2v) is 7.27. The lowest BCUT2D eigenvalue weighted by atomic mass is 9.93. The number of aliphatic imine (C=N–C) groups is 1. The molecule has 3 heteroatoms. The Kier molecular flexibility index (Phi) is 5.54. The third kappa shape index (κ3) is 4.29. The van der Waals surface area contributed by atoms with Crippen LogP contribution in [-0.2, 0) is 25.7 Å². The molecule has 0 saturated carbocycles. The van der Waals surface area contributed by atoms with Crippen molar-refractivity contribution in [3.63, 3.8) is 0 Å². The molecule has 0 heterocycles. The van der Waals surface area contributed by atoms with Crippen LogP contribution >= 0.6 is 0 Å². The quantitative estimate of drug-likeness (QED) is 0.836. The monoisotopic (exact) mass is 337 g/mol. The molecule has 0 fully saturated rings. The van der Waals surface area contributed by atoms with E-state index in [0.29, 0.717) is 11.7 Å². The number of hydrogen-bond donors (Lipinski definition) is 2. The van der Waals surface area contributed by atoms with Gasteiger partial charge in [-0.2, -0.15) is 0 Å². The predicted octanol–water partition coefficient (Wildman–Crippen LogP) is 3.71. The topological polar surface area (TPSA) is 52.8 Å². The molecule has 6 rings (SSSR count). The highest BCUT2D eigenvalue weighted by molar-refractivity contribution is 5.82. The maximum Gasteiger partial charge on any atom is 0.119 e. The number of aliphatic hydroxyl groups is 1. The molecule has 0 amide bonds. The van der Waals surface area contributed by atoms with Crippen molar-refractivity contribution in [1.82, 2.24) is 0 Å². The summed E-state index contributed by atoms with van der Waals surface area (Å²) in [5, 5.41) is 19.7. The number of nitrogens with zero attached hydrogens (tertiary/aromatic N) is 1. The standard InChI is InChI=1S/C22H27NO2/c1-15(2)21(14-24)23-13-20-11-16-3-4-17-6-8-19(22(25)12-17)10-9-18(20)7-5-16/h5-8,11-13,15,21,24-25H,3-4,9-10,14H2,1-2H3/t21-/m1/s1. The zero-order valence-corrected chi connectivity index (χ0v) is 15.1. The first-order valence-electron chi connectivity index (χ1n) is 9.13. The second kappa shape index (κ2) is 7.83. The van der Waals surface area contributed by atoms with Gasteiger partial charge in [-0.1, -0.05) is 38.1 Å². The number of aromatic hydroxyl groups is 1. The lowest BCUT2D eigenvalue weighted by molar-refractivity contribution is 0.240. The van der Waals surface area contributed by atoms with Crippen molar-refractivity contribution in [2.75, 3.05) is 6.61 Å². The fraction of sp³-hybridized carbons (Fsp3) is 0.409. The predicted molar refractivity (Wildman–Crippen MR) is 103 cm³/mol. The normalized spacial score (nSPS) is 15.5. The van der Waals surface area contributed by atoms with Crippen LogP contribution in [0.1, 0.15) is 41.7 Å². The van der Waals surface area contributed by atoms with Crippen LogP contribution in [0.2, 0.25) is 0 Å². The number of phenols is 1. The Morgan fingerprint density at radius 2 is 1.60 bits per heavy atom. The Labute approximate surface area is 150 Å². The number of hydrogen-bond acceptors (Lipinski definition) is 3. The summed E-state index contributed by atoms with van der Waals surface area (Å²) in [6.45, 7) is 4.23. The average Bonchev–Trinajstić information content (AvgIpc) is 2.58. The molecule has 2 N–H and O–H groups in total. The van der Waals surface area contributed by atoms with Crippen LogP contribution in [0.25, 0.3) is 0 Å². The van der Waals surface area contributed by atoms with Crippen molar-refractivity contribution in [3.05, 3.63) is 64.2 Å². The minimum atomic E-state index is -0.0637. The Bertz CT molecular complexity index is 765. The molecule has 0 saturated heterocycles. The van der Waals surface area contributed by atoms with E-state index >= 15 is 0 Å². The molecule has 4 bridgehead atoms. The van der Waals surface area contributed by atoms with Gasteiger partial charge in [0.1, 0.15) is 5.75 Å². The maximum absolute atomic E-state index is 10.2.